The van der Waals surface area contributed by atoms with Gasteiger partial charge in [-0.3, -0.25) is 4.90 Å². The fourth-order valence-corrected chi connectivity index (χ4v) is 6.00. The first-order valence-electron chi connectivity index (χ1n) is 9.88. The highest BCUT2D eigenvalue weighted by atomic mass is 127. The van der Waals surface area contributed by atoms with Crippen molar-refractivity contribution in [1.82, 2.24) is 4.90 Å². The van der Waals surface area contributed by atoms with Crippen LogP contribution in [0.15, 0.2) is 48.0 Å². The van der Waals surface area contributed by atoms with E-state index >= 15 is 0 Å². The molecule has 1 unspecified atom stereocenters. The number of nitrogens with zero attached hydrogens (tertiary/aromatic N) is 1. The number of fused-ring (bicyclic) bond motifs is 1. The van der Waals surface area contributed by atoms with E-state index in [2.05, 4.69) is 63.9 Å². The van der Waals surface area contributed by atoms with Crippen molar-refractivity contribution in [3.05, 3.63) is 67.2 Å². The highest BCUT2D eigenvalue weighted by Crippen LogP contribution is 2.50. The average molecular weight is 526 g/mol. The van der Waals surface area contributed by atoms with Crippen LogP contribution in [0.3, 0.4) is 0 Å². The van der Waals surface area contributed by atoms with Gasteiger partial charge < -0.3 is 4.74 Å². The molecule has 4 saturated heterocycles. The van der Waals surface area contributed by atoms with Crippen LogP contribution in [0.5, 0.6) is 5.75 Å². The maximum Gasteiger partial charge on any atom is 0.119 e. The van der Waals surface area contributed by atoms with Gasteiger partial charge in [-0.15, -0.1) is 0 Å². The quantitative estimate of drug-likeness (QED) is 0.420. The molecule has 0 N–H and O–H groups in total. The highest BCUT2D eigenvalue weighted by molar-refractivity contribution is 14.1. The molecule has 4 fully saturated rings. The molecule has 2 nitrogen and oxygen atoms in total. The maximum absolute atomic E-state index is 6.24. The molecule has 28 heavy (non-hydrogen) atoms. The summed E-state index contributed by atoms with van der Waals surface area (Å²) < 4.78 is 7.48. The summed E-state index contributed by atoms with van der Waals surface area (Å²) in [7, 11) is 0. The third-order valence-electron chi connectivity index (χ3n) is 6.62. The third kappa shape index (κ3) is 3.60. The highest BCUT2D eigenvalue weighted by Gasteiger charge is 2.52. The Hall–Kier alpha value is -0.750. The van der Waals surface area contributed by atoms with Gasteiger partial charge in [0.2, 0.25) is 0 Å². The molecule has 6 rings (SSSR count). The minimum atomic E-state index is 0.556. The Morgan fingerprint density at radius 2 is 1.89 bits per heavy atom. The van der Waals surface area contributed by atoms with E-state index in [0.717, 1.165) is 30.5 Å². The van der Waals surface area contributed by atoms with E-state index in [0.29, 0.717) is 27.9 Å². The molecule has 0 spiro atoms. The van der Waals surface area contributed by atoms with Gasteiger partial charge in [0.25, 0.3) is 0 Å². The van der Waals surface area contributed by atoms with E-state index in [1.165, 1.54) is 28.4 Å². The van der Waals surface area contributed by atoms with Crippen LogP contribution < -0.4 is 4.74 Å². The van der Waals surface area contributed by atoms with Gasteiger partial charge in [0, 0.05) is 28.1 Å². The number of piperidine rings is 3. The number of benzene rings is 2. The van der Waals surface area contributed by atoms with Crippen molar-refractivity contribution < 1.29 is 4.74 Å². The molecule has 146 valence electrons. The SMILES string of the molecule is Clc1ccc(/C=C2\CN3[C@H]4CC[C@@H]3[C@@H](COc3ccc(I)cc3)[C@@H]2C4)cc1Cl. The molecule has 4 heterocycles. The first-order chi connectivity index (χ1) is 13.6. The molecule has 5 atom stereocenters. The van der Waals surface area contributed by atoms with Crippen LogP contribution >= 0.6 is 45.8 Å². The van der Waals surface area contributed by atoms with Crippen LogP contribution in [-0.2, 0) is 0 Å². The lowest BCUT2D eigenvalue weighted by Crippen LogP contribution is -2.57. The second-order valence-corrected chi connectivity index (χ2v) is 10.2. The summed E-state index contributed by atoms with van der Waals surface area (Å²) in [6.45, 7) is 1.87. The van der Waals surface area contributed by atoms with Gasteiger partial charge in [0.1, 0.15) is 5.75 Å². The van der Waals surface area contributed by atoms with Crippen LogP contribution in [0.4, 0.5) is 0 Å². The van der Waals surface area contributed by atoms with Gasteiger partial charge in [-0.05, 0) is 89.7 Å². The molecule has 0 saturated carbocycles. The van der Waals surface area contributed by atoms with Crippen molar-refractivity contribution in [3.63, 3.8) is 0 Å². The van der Waals surface area contributed by atoms with Crippen LogP contribution in [0.2, 0.25) is 10.0 Å². The van der Waals surface area contributed by atoms with E-state index in [1.807, 2.05) is 12.1 Å². The van der Waals surface area contributed by atoms with Gasteiger partial charge in [-0.2, -0.15) is 0 Å². The van der Waals surface area contributed by atoms with Gasteiger partial charge in [-0.1, -0.05) is 40.9 Å². The number of rotatable bonds is 4. The van der Waals surface area contributed by atoms with Gasteiger partial charge in [0.15, 0.2) is 0 Å². The van der Waals surface area contributed by atoms with Crippen LogP contribution in [-0.4, -0.2) is 30.1 Å². The van der Waals surface area contributed by atoms with Crippen molar-refractivity contribution in [2.45, 2.75) is 31.3 Å². The standard InChI is InChI=1S/C23H22Cl2INO/c24-21-7-1-14(10-22(21)25)9-15-12-27-17-4-8-23(27)20(19(15)11-17)13-28-18-5-2-16(26)3-6-18/h1-3,5-7,9-10,17,19-20,23H,4,8,11-13H2/b15-9+/t17-,19+,20-,23+/m0/s1. The summed E-state index contributed by atoms with van der Waals surface area (Å²) >= 11 is 14.6. The van der Waals surface area contributed by atoms with E-state index in [9.17, 15) is 0 Å². The first kappa shape index (κ1) is 19.2. The molecular weight excluding hydrogens is 504 g/mol. The zero-order chi connectivity index (χ0) is 19.3. The predicted octanol–water partition coefficient (Wildman–Crippen LogP) is 6.54. The van der Waals surface area contributed by atoms with Crippen LogP contribution in [0.25, 0.3) is 6.08 Å². The zero-order valence-corrected chi connectivity index (χ0v) is 19.1. The number of hydrogen-bond donors (Lipinski definition) is 0. The fraction of sp³-hybridized carbons (Fsp3) is 0.391. The van der Waals surface area contributed by atoms with E-state index < -0.39 is 0 Å². The number of halogens is 3. The molecule has 2 aromatic carbocycles. The largest absolute Gasteiger partial charge is 0.493 e. The number of ether oxygens (including phenoxy) is 1. The lowest BCUT2D eigenvalue weighted by molar-refractivity contribution is 0.00460. The molecule has 5 heteroatoms. The Kier molecular flexibility index (Phi) is 5.37. The summed E-state index contributed by atoms with van der Waals surface area (Å²) in [4.78, 5) is 2.73. The van der Waals surface area contributed by atoms with Crippen molar-refractivity contribution in [3.8, 4) is 5.75 Å². The summed E-state index contributed by atoms with van der Waals surface area (Å²) in [5.74, 6) is 2.13. The van der Waals surface area contributed by atoms with E-state index in [-0.39, 0.29) is 0 Å². The molecule has 4 bridgehead atoms. The van der Waals surface area contributed by atoms with Crippen molar-refractivity contribution in [1.29, 1.82) is 0 Å². The zero-order valence-electron chi connectivity index (χ0n) is 15.5. The summed E-state index contributed by atoms with van der Waals surface area (Å²) in [6.07, 6.45) is 6.23. The van der Waals surface area contributed by atoms with E-state index in [4.69, 9.17) is 27.9 Å². The Labute approximate surface area is 190 Å². The summed E-state index contributed by atoms with van der Waals surface area (Å²) in [5, 5.41) is 1.23. The van der Waals surface area contributed by atoms with E-state index in [1.54, 1.807) is 0 Å². The Morgan fingerprint density at radius 3 is 2.68 bits per heavy atom. The average Bonchev–Trinajstić information content (AvgIpc) is 3.01. The lowest BCUT2D eigenvalue weighted by atomic mass is 9.71. The molecule has 2 aromatic rings. The Bertz CT molecular complexity index is 913. The fourth-order valence-electron chi connectivity index (χ4n) is 5.34. The summed E-state index contributed by atoms with van der Waals surface area (Å²) in [5.41, 5.74) is 2.66. The smallest absolute Gasteiger partial charge is 0.119 e. The van der Waals surface area contributed by atoms with Gasteiger partial charge in [-0.25, -0.2) is 0 Å². The molecule has 0 aliphatic carbocycles. The molecule has 4 aliphatic rings. The minimum Gasteiger partial charge on any atom is -0.493 e. The van der Waals surface area contributed by atoms with Crippen molar-refractivity contribution in [2.24, 2.45) is 11.8 Å². The predicted molar refractivity (Wildman–Crippen MR) is 124 cm³/mol. The number of hydrogen-bond acceptors (Lipinski definition) is 2. The third-order valence-corrected chi connectivity index (χ3v) is 8.08. The first-order valence-corrected chi connectivity index (χ1v) is 11.7. The van der Waals surface area contributed by atoms with Crippen LogP contribution in [0, 0.1) is 15.4 Å². The van der Waals surface area contributed by atoms with Gasteiger partial charge in [0.05, 0.1) is 16.7 Å². The molecule has 0 amide bonds. The molecule has 4 aliphatic heterocycles. The second-order valence-electron chi connectivity index (χ2n) is 8.13. The van der Waals surface area contributed by atoms with Crippen molar-refractivity contribution in [2.75, 3.05) is 13.2 Å². The van der Waals surface area contributed by atoms with Gasteiger partial charge >= 0.3 is 0 Å². The minimum absolute atomic E-state index is 0.556. The van der Waals surface area contributed by atoms with Crippen molar-refractivity contribution >= 4 is 51.9 Å². The summed E-state index contributed by atoms with van der Waals surface area (Å²) in [6, 6.07) is 15.7. The Balaban J connectivity index is 1.38. The van der Waals surface area contributed by atoms with Crippen LogP contribution in [0.1, 0.15) is 24.8 Å². The molecule has 0 radical (unpaired) electrons. The maximum atomic E-state index is 6.24. The molecule has 0 aromatic heterocycles. The normalized spacial score (nSPS) is 32.1. The lowest BCUT2D eigenvalue weighted by Gasteiger charge is -2.51. The molecular formula is C23H22Cl2INO. The Morgan fingerprint density at radius 1 is 1.07 bits per heavy atom. The second kappa shape index (κ2) is 7.82. The monoisotopic (exact) mass is 525 g/mol. The topological polar surface area (TPSA) is 12.5 Å².